The highest BCUT2D eigenvalue weighted by Gasteiger charge is 1.92. The zero-order chi connectivity index (χ0) is 9.40. The van der Waals surface area contributed by atoms with Crippen LogP contribution in [0.5, 0.6) is 0 Å². The number of allylic oxidation sites excluding steroid dienone is 1. The molecule has 0 aliphatic heterocycles. The lowest BCUT2D eigenvalue weighted by Gasteiger charge is -1.90. The van der Waals surface area contributed by atoms with Crippen LogP contribution in [0.1, 0.15) is 26.6 Å². The van der Waals surface area contributed by atoms with Crippen LogP contribution in [0.4, 0.5) is 0 Å². The Hall–Kier alpha value is -1.38. The van der Waals surface area contributed by atoms with E-state index >= 15 is 0 Å². The maximum atomic E-state index is 3.83. The molecule has 12 heavy (non-hydrogen) atoms. The van der Waals surface area contributed by atoms with E-state index in [0.717, 1.165) is 5.82 Å². The second-order valence-corrected chi connectivity index (χ2v) is 1.78. The van der Waals surface area contributed by atoms with Crippen LogP contribution in [-0.2, 0) is 0 Å². The van der Waals surface area contributed by atoms with Gasteiger partial charge < -0.3 is 0 Å². The molecule has 0 spiro atoms. The van der Waals surface area contributed by atoms with E-state index in [1.165, 1.54) is 0 Å². The van der Waals surface area contributed by atoms with Gasteiger partial charge in [0.25, 0.3) is 0 Å². The Morgan fingerprint density at radius 3 is 2.67 bits per heavy atom. The molecule has 0 fully saturated rings. The minimum atomic E-state index is 0.803. The number of hydrogen-bond acceptors (Lipinski definition) is 2. The average Bonchev–Trinajstić information content (AvgIpc) is 2.56. The molecule has 1 aromatic heterocycles. The quantitative estimate of drug-likeness (QED) is 0.673. The summed E-state index contributed by atoms with van der Waals surface area (Å²) in [6.07, 6.45) is 7.05. The number of hydrogen-bond donors (Lipinski definition) is 0. The summed E-state index contributed by atoms with van der Waals surface area (Å²) in [7, 11) is 0. The molecule has 0 radical (unpaired) electrons. The van der Waals surface area contributed by atoms with Crippen LogP contribution in [0.3, 0.4) is 0 Å². The largest absolute Gasteiger partial charge is 0.290 e. The fourth-order valence-electron chi connectivity index (χ4n) is 0.661. The lowest BCUT2D eigenvalue weighted by molar-refractivity contribution is 1.07. The van der Waals surface area contributed by atoms with Crippen molar-refractivity contribution in [3.63, 3.8) is 0 Å². The second kappa shape index (κ2) is 6.34. The molecule has 0 saturated heterocycles. The SMILES string of the molecule is C=Cn1cnnc1/C=C\C.CC. The molecule has 0 bridgehead atoms. The summed E-state index contributed by atoms with van der Waals surface area (Å²) in [5.74, 6) is 0.803. The first-order valence-corrected chi connectivity index (χ1v) is 4.03. The van der Waals surface area contributed by atoms with Gasteiger partial charge in [-0.15, -0.1) is 10.2 Å². The summed E-state index contributed by atoms with van der Waals surface area (Å²) in [5, 5.41) is 7.53. The Morgan fingerprint density at radius 1 is 1.50 bits per heavy atom. The van der Waals surface area contributed by atoms with Crippen molar-refractivity contribution in [3.8, 4) is 0 Å². The van der Waals surface area contributed by atoms with E-state index in [1.54, 1.807) is 17.1 Å². The van der Waals surface area contributed by atoms with Crippen LogP contribution < -0.4 is 0 Å². The molecule has 3 heteroatoms. The molecule has 0 unspecified atom stereocenters. The van der Waals surface area contributed by atoms with Crippen LogP contribution in [0.25, 0.3) is 12.3 Å². The predicted molar refractivity (Wildman–Crippen MR) is 52.5 cm³/mol. The molecular formula is C9H15N3. The molecule has 0 atom stereocenters. The van der Waals surface area contributed by atoms with Gasteiger partial charge in [0.15, 0.2) is 5.82 Å². The highest BCUT2D eigenvalue weighted by Crippen LogP contribution is 1.96. The van der Waals surface area contributed by atoms with Gasteiger partial charge in [0, 0.05) is 6.20 Å². The van der Waals surface area contributed by atoms with Gasteiger partial charge in [-0.1, -0.05) is 26.5 Å². The highest BCUT2D eigenvalue weighted by molar-refractivity contribution is 5.42. The third-order valence-electron chi connectivity index (χ3n) is 1.11. The van der Waals surface area contributed by atoms with Gasteiger partial charge >= 0.3 is 0 Å². The molecule has 1 heterocycles. The standard InChI is InChI=1S/C7H9N3.C2H6/c1-3-5-7-9-8-6-10(7)4-2;1-2/h3-6H,2H2,1H3;1-2H3/b5-3-;. The second-order valence-electron chi connectivity index (χ2n) is 1.78. The van der Waals surface area contributed by atoms with Crippen molar-refractivity contribution < 1.29 is 0 Å². The molecule has 0 N–H and O–H groups in total. The van der Waals surface area contributed by atoms with E-state index < -0.39 is 0 Å². The summed E-state index contributed by atoms with van der Waals surface area (Å²) in [6.45, 7) is 9.53. The molecule has 0 aliphatic rings. The Morgan fingerprint density at radius 2 is 2.17 bits per heavy atom. The molecule has 66 valence electrons. The third-order valence-corrected chi connectivity index (χ3v) is 1.11. The first-order valence-electron chi connectivity index (χ1n) is 4.03. The van der Waals surface area contributed by atoms with Crippen molar-refractivity contribution >= 4 is 12.3 Å². The summed E-state index contributed by atoms with van der Waals surface area (Å²) in [5.41, 5.74) is 0. The van der Waals surface area contributed by atoms with Gasteiger partial charge in [-0.25, -0.2) is 0 Å². The van der Waals surface area contributed by atoms with E-state index in [9.17, 15) is 0 Å². The number of aromatic nitrogens is 3. The van der Waals surface area contributed by atoms with Crippen molar-refractivity contribution in [2.45, 2.75) is 20.8 Å². The molecule has 0 amide bonds. The Balaban J connectivity index is 0.000000561. The van der Waals surface area contributed by atoms with Crippen LogP contribution in [0.2, 0.25) is 0 Å². The van der Waals surface area contributed by atoms with Gasteiger partial charge in [-0.2, -0.15) is 0 Å². The zero-order valence-electron chi connectivity index (χ0n) is 7.86. The van der Waals surface area contributed by atoms with E-state index in [1.807, 2.05) is 32.9 Å². The molecule has 0 aromatic carbocycles. The lowest BCUT2D eigenvalue weighted by Crippen LogP contribution is -1.86. The van der Waals surface area contributed by atoms with E-state index in [2.05, 4.69) is 16.8 Å². The lowest BCUT2D eigenvalue weighted by atomic mass is 10.5. The summed E-state index contributed by atoms with van der Waals surface area (Å²) < 4.78 is 1.75. The first kappa shape index (κ1) is 10.6. The van der Waals surface area contributed by atoms with Gasteiger partial charge in [-0.05, 0) is 13.0 Å². The van der Waals surface area contributed by atoms with Gasteiger partial charge in [0.05, 0.1) is 0 Å². The van der Waals surface area contributed by atoms with Crippen LogP contribution in [-0.4, -0.2) is 14.8 Å². The third kappa shape index (κ3) is 2.70. The van der Waals surface area contributed by atoms with Crippen molar-refractivity contribution in [1.29, 1.82) is 0 Å². The Kier molecular flexibility index (Phi) is 5.61. The number of rotatable bonds is 2. The minimum absolute atomic E-state index is 0.803. The molecule has 1 aromatic rings. The van der Waals surface area contributed by atoms with Crippen molar-refractivity contribution in [3.05, 3.63) is 24.8 Å². The average molecular weight is 165 g/mol. The predicted octanol–water partition coefficient (Wildman–Crippen LogP) is 2.44. The van der Waals surface area contributed by atoms with Crippen molar-refractivity contribution in [2.24, 2.45) is 0 Å². The van der Waals surface area contributed by atoms with E-state index in [4.69, 9.17) is 0 Å². The van der Waals surface area contributed by atoms with E-state index in [0.29, 0.717) is 0 Å². The van der Waals surface area contributed by atoms with Crippen LogP contribution in [0, 0.1) is 0 Å². The van der Waals surface area contributed by atoms with E-state index in [-0.39, 0.29) is 0 Å². The zero-order valence-corrected chi connectivity index (χ0v) is 7.86. The minimum Gasteiger partial charge on any atom is -0.290 e. The topological polar surface area (TPSA) is 30.7 Å². The molecule has 1 rings (SSSR count). The smallest absolute Gasteiger partial charge is 0.160 e. The van der Waals surface area contributed by atoms with Gasteiger partial charge in [0.2, 0.25) is 0 Å². The van der Waals surface area contributed by atoms with Crippen molar-refractivity contribution in [2.75, 3.05) is 0 Å². The molecule has 0 aliphatic carbocycles. The first-order chi connectivity index (χ1) is 5.88. The van der Waals surface area contributed by atoms with Crippen LogP contribution >= 0.6 is 0 Å². The van der Waals surface area contributed by atoms with Gasteiger partial charge in [0.1, 0.15) is 6.33 Å². The van der Waals surface area contributed by atoms with Crippen molar-refractivity contribution in [1.82, 2.24) is 14.8 Å². The maximum Gasteiger partial charge on any atom is 0.160 e. The number of nitrogens with zero attached hydrogens (tertiary/aromatic N) is 3. The summed E-state index contributed by atoms with van der Waals surface area (Å²) in [6, 6.07) is 0. The molecular weight excluding hydrogens is 150 g/mol. The Labute approximate surface area is 73.4 Å². The normalized spacial score (nSPS) is 9.25. The summed E-state index contributed by atoms with van der Waals surface area (Å²) in [4.78, 5) is 0. The maximum absolute atomic E-state index is 3.83. The fourth-order valence-corrected chi connectivity index (χ4v) is 0.661. The van der Waals surface area contributed by atoms with Gasteiger partial charge in [-0.3, -0.25) is 4.57 Å². The monoisotopic (exact) mass is 165 g/mol. The fraction of sp³-hybridized carbons (Fsp3) is 0.333. The van der Waals surface area contributed by atoms with Crippen LogP contribution in [0.15, 0.2) is 19.0 Å². The molecule has 3 nitrogen and oxygen atoms in total. The summed E-state index contributed by atoms with van der Waals surface area (Å²) >= 11 is 0. The Bertz CT molecular complexity index is 248. The molecule has 0 saturated carbocycles. The highest BCUT2D eigenvalue weighted by atomic mass is 15.2.